The Kier molecular flexibility index (Phi) is 3.77. The molecule has 1 fully saturated rings. The van der Waals surface area contributed by atoms with Crippen LogP contribution in [0.4, 0.5) is 0 Å². The highest BCUT2D eigenvalue weighted by atomic mass is 35.5. The standard InChI is InChI=1S/C13H19ClN4O2/c1-8-9(11(14)17(4)16-8)7-18-6-5-10(19)15-13(2,3)12(18)20/h5-7H2,1-4H3,(H,15,19). The number of carbonyl (C=O) groups is 2. The molecule has 0 aliphatic carbocycles. The van der Waals surface area contributed by atoms with Crippen molar-refractivity contribution in [1.82, 2.24) is 20.0 Å². The van der Waals surface area contributed by atoms with E-state index in [9.17, 15) is 9.59 Å². The summed E-state index contributed by atoms with van der Waals surface area (Å²) in [5, 5.41) is 7.50. The Bertz CT molecular complexity index is 565. The van der Waals surface area contributed by atoms with E-state index in [1.807, 2.05) is 6.92 Å². The largest absolute Gasteiger partial charge is 0.342 e. The van der Waals surface area contributed by atoms with E-state index in [1.165, 1.54) is 0 Å². The topological polar surface area (TPSA) is 67.2 Å². The van der Waals surface area contributed by atoms with Crippen molar-refractivity contribution in [3.63, 3.8) is 0 Å². The molecule has 1 saturated heterocycles. The fourth-order valence-corrected chi connectivity index (χ4v) is 2.63. The Morgan fingerprint density at radius 2 is 2.05 bits per heavy atom. The van der Waals surface area contributed by atoms with Gasteiger partial charge in [-0.2, -0.15) is 5.10 Å². The van der Waals surface area contributed by atoms with Gasteiger partial charge in [-0.05, 0) is 20.8 Å². The fourth-order valence-electron chi connectivity index (χ4n) is 2.39. The van der Waals surface area contributed by atoms with Gasteiger partial charge in [-0.25, -0.2) is 0 Å². The highest BCUT2D eigenvalue weighted by molar-refractivity contribution is 6.30. The van der Waals surface area contributed by atoms with Crippen LogP contribution in [0.25, 0.3) is 0 Å². The molecule has 110 valence electrons. The van der Waals surface area contributed by atoms with Gasteiger partial charge in [0.05, 0.1) is 12.2 Å². The number of aromatic nitrogens is 2. The minimum Gasteiger partial charge on any atom is -0.342 e. The van der Waals surface area contributed by atoms with Crippen LogP contribution in [0.2, 0.25) is 5.15 Å². The number of hydrogen-bond donors (Lipinski definition) is 1. The fraction of sp³-hybridized carbons (Fsp3) is 0.615. The summed E-state index contributed by atoms with van der Waals surface area (Å²) in [5.41, 5.74) is 0.732. The number of nitrogens with zero attached hydrogens (tertiary/aromatic N) is 3. The second kappa shape index (κ2) is 5.09. The molecule has 0 unspecified atom stereocenters. The first-order chi connectivity index (χ1) is 9.22. The van der Waals surface area contributed by atoms with Crippen molar-refractivity contribution < 1.29 is 9.59 Å². The first-order valence-corrected chi connectivity index (χ1v) is 6.88. The molecule has 1 aromatic heterocycles. The average Bonchev–Trinajstić information content (AvgIpc) is 2.52. The molecule has 7 heteroatoms. The van der Waals surface area contributed by atoms with E-state index in [-0.39, 0.29) is 11.8 Å². The number of aryl methyl sites for hydroxylation is 2. The lowest BCUT2D eigenvalue weighted by atomic mass is 10.0. The SMILES string of the molecule is Cc1nn(C)c(Cl)c1CN1CCC(=O)NC(C)(C)C1=O. The zero-order chi connectivity index (χ0) is 15.1. The Hall–Kier alpha value is -1.56. The lowest BCUT2D eigenvalue weighted by Crippen LogP contribution is -2.52. The minimum atomic E-state index is -0.893. The van der Waals surface area contributed by atoms with Gasteiger partial charge in [0.2, 0.25) is 11.8 Å². The number of nitrogens with one attached hydrogen (secondary N) is 1. The molecular formula is C13H19ClN4O2. The van der Waals surface area contributed by atoms with Gasteiger partial charge in [0.15, 0.2) is 0 Å². The lowest BCUT2D eigenvalue weighted by molar-refractivity contribution is -0.137. The van der Waals surface area contributed by atoms with Crippen LogP contribution >= 0.6 is 11.6 Å². The molecule has 0 atom stereocenters. The highest BCUT2D eigenvalue weighted by Crippen LogP contribution is 2.23. The minimum absolute atomic E-state index is 0.109. The van der Waals surface area contributed by atoms with Crippen molar-refractivity contribution in [1.29, 1.82) is 0 Å². The van der Waals surface area contributed by atoms with Gasteiger partial charge in [0.1, 0.15) is 10.7 Å². The molecule has 1 aromatic rings. The Balaban J connectivity index is 2.28. The molecule has 2 amide bonds. The molecule has 2 rings (SSSR count). The van der Waals surface area contributed by atoms with E-state index < -0.39 is 5.54 Å². The van der Waals surface area contributed by atoms with Crippen molar-refractivity contribution >= 4 is 23.4 Å². The van der Waals surface area contributed by atoms with E-state index in [2.05, 4.69) is 10.4 Å². The van der Waals surface area contributed by atoms with Gasteiger partial charge in [-0.1, -0.05) is 11.6 Å². The van der Waals surface area contributed by atoms with Gasteiger partial charge in [-0.3, -0.25) is 14.3 Å². The summed E-state index contributed by atoms with van der Waals surface area (Å²) >= 11 is 6.20. The molecule has 1 aliphatic heterocycles. The first-order valence-electron chi connectivity index (χ1n) is 6.50. The van der Waals surface area contributed by atoms with E-state index in [1.54, 1.807) is 30.5 Å². The van der Waals surface area contributed by atoms with E-state index in [0.717, 1.165) is 11.3 Å². The molecule has 6 nitrogen and oxygen atoms in total. The Morgan fingerprint density at radius 3 is 2.60 bits per heavy atom. The number of carbonyl (C=O) groups excluding carboxylic acids is 2. The lowest BCUT2D eigenvalue weighted by Gasteiger charge is -2.28. The van der Waals surface area contributed by atoms with Gasteiger partial charge < -0.3 is 10.2 Å². The van der Waals surface area contributed by atoms with E-state index in [4.69, 9.17) is 11.6 Å². The van der Waals surface area contributed by atoms with Crippen molar-refractivity contribution in [3.05, 3.63) is 16.4 Å². The number of halogens is 1. The average molecular weight is 299 g/mol. The maximum atomic E-state index is 12.5. The van der Waals surface area contributed by atoms with Crippen molar-refractivity contribution in [3.8, 4) is 0 Å². The number of rotatable bonds is 2. The van der Waals surface area contributed by atoms with Crippen LogP contribution in [0.5, 0.6) is 0 Å². The molecule has 1 N–H and O–H groups in total. The smallest absolute Gasteiger partial charge is 0.248 e. The summed E-state index contributed by atoms with van der Waals surface area (Å²) in [6, 6.07) is 0. The number of amides is 2. The first kappa shape index (κ1) is 14.8. The molecule has 0 saturated carbocycles. The van der Waals surface area contributed by atoms with E-state index >= 15 is 0 Å². The molecular weight excluding hydrogens is 280 g/mol. The van der Waals surface area contributed by atoms with Crippen LogP contribution in [0, 0.1) is 6.92 Å². The third kappa shape index (κ3) is 2.65. The third-order valence-electron chi connectivity index (χ3n) is 3.50. The van der Waals surface area contributed by atoms with E-state index in [0.29, 0.717) is 24.7 Å². The second-order valence-corrected chi connectivity index (χ2v) is 5.99. The maximum Gasteiger partial charge on any atom is 0.248 e. The predicted molar refractivity (Wildman–Crippen MR) is 75.2 cm³/mol. The summed E-state index contributed by atoms with van der Waals surface area (Å²) in [7, 11) is 1.76. The van der Waals surface area contributed by atoms with Gasteiger partial charge >= 0.3 is 0 Å². The normalized spacial score (nSPS) is 18.9. The van der Waals surface area contributed by atoms with Crippen molar-refractivity contribution in [2.75, 3.05) is 6.54 Å². The summed E-state index contributed by atoms with van der Waals surface area (Å²) in [6.07, 6.45) is 0.298. The second-order valence-electron chi connectivity index (χ2n) is 5.63. The van der Waals surface area contributed by atoms with Crippen molar-refractivity contribution in [2.24, 2.45) is 7.05 Å². The van der Waals surface area contributed by atoms with Crippen LogP contribution in [-0.4, -0.2) is 38.6 Å². The molecule has 20 heavy (non-hydrogen) atoms. The van der Waals surface area contributed by atoms with Gasteiger partial charge in [0, 0.05) is 25.6 Å². The molecule has 1 aliphatic rings. The monoisotopic (exact) mass is 298 g/mol. The van der Waals surface area contributed by atoms with Crippen LogP contribution in [0.15, 0.2) is 0 Å². The van der Waals surface area contributed by atoms with Gasteiger partial charge in [0.25, 0.3) is 0 Å². The third-order valence-corrected chi connectivity index (χ3v) is 3.97. The molecule has 0 spiro atoms. The molecule has 0 radical (unpaired) electrons. The van der Waals surface area contributed by atoms with Crippen LogP contribution < -0.4 is 5.32 Å². The maximum absolute atomic E-state index is 12.5. The van der Waals surface area contributed by atoms with Crippen LogP contribution in [0.1, 0.15) is 31.5 Å². The quantitative estimate of drug-likeness (QED) is 0.886. The molecule has 0 bridgehead atoms. The zero-order valence-corrected chi connectivity index (χ0v) is 12.9. The van der Waals surface area contributed by atoms with Crippen LogP contribution in [0.3, 0.4) is 0 Å². The zero-order valence-electron chi connectivity index (χ0n) is 12.2. The summed E-state index contributed by atoms with van der Waals surface area (Å²) in [5.74, 6) is -0.220. The van der Waals surface area contributed by atoms with Gasteiger partial charge in [-0.15, -0.1) is 0 Å². The Morgan fingerprint density at radius 1 is 1.40 bits per heavy atom. The predicted octanol–water partition coefficient (Wildman–Crippen LogP) is 1.01. The summed E-state index contributed by atoms with van der Waals surface area (Å²) < 4.78 is 1.59. The molecule has 2 heterocycles. The summed E-state index contributed by atoms with van der Waals surface area (Å²) in [6.45, 7) is 6.04. The highest BCUT2D eigenvalue weighted by Gasteiger charge is 2.36. The Labute approximate surface area is 123 Å². The van der Waals surface area contributed by atoms with Crippen LogP contribution in [-0.2, 0) is 23.2 Å². The number of hydrogen-bond acceptors (Lipinski definition) is 3. The summed E-state index contributed by atoms with van der Waals surface area (Å²) in [4.78, 5) is 25.8. The van der Waals surface area contributed by atoms with Crippen molar-refractivity contribution in [2.45, 2.75) is 39.3 Å². The molecule has 0 aromatic carbocycles.